The summed E-state index contributed by atoms with van der Waals surface area (Å²) >= 11 is 1.30. The molecule has 0 saturated carbocycles. The third kappa shape index (κ3) is 3.30. The number of carbonyl (C=O) groups is 1. The molecule has 0 aliphatic carbocycles. The molecular weight excluding hydrogens is 366 g/mol. The van der Waals surface area contributed by atoms with Gasteiger partial charge < -0.3 is 14.6 Å². The third-order valence-corrected chi connectivity index (χ3v) is 4.68. The average Bonchev–Trinajstić information content (AvgIpc) is 3.36. The van der Waals surface area contributed by atoms with Gasteiger partial charge in [-0.15, -0.1) is 11.3 Å². The van der Waals surface area contributed by atoms with Crippen LogP contribution in [0.15, 0.2) is 58.3 Å². The molecule has 0 aliphatic rings. The van der Waals surface area contributed by atoms with E-state index in [9.17, 15) is 15.0 Å². The summed E-state index contributed by atoms with van der Waals surface area (Å²) in [7, 11) is 0. The van der Waals surface area contributed by atoms with Crippen LogP contribution in [0.2, 0.25) is 0 Å². The SMILES string of the molecule is Cc1ccc(-c2csc(NC(=O)c3cccc(-n4c(O)ccc4O)c3)n2)o1. The second-order valence-corrected chi connectivity index (χ2v) is 6.70. The predicted molar refractivity (Wildman–Crippen MR) is 102 cm³/mol. The van der Waals surface area contributed by atoms with Gasteiger partial charge in [-0.3, -0.25) is 14.7 Å². The van der Waals surface area contributed by atoms with Gasteiger partial charge in [0.05, 0.1) is 5.69 Å². The second kappa shape index (κ2) is 6.65. The van der Waals surface area contributed by atoms with E-state index in [0.717, 1.165) is 5.76 Å². The van der Waals surface area contributed by atoms with Crippen LogP contribution in [0.5, 0.6) is 11.8 Å². The first-order valence-electron chi connectivity index (χ1n) is 8.05. The Bertz CT molecular complexity index is 1110. The van der Waals surface area contributed by atoms with Gasteiger partial charge in [0, 0.05) is 23.1 Å². The number of aromatic nitrogens is 2. The van der Waals surface area contributed by atoms with Crippen molar-refractivity contribution in [2.45, 2.75) is 6.92 Å². The van der Waals surface area contributed by atoms with E-state index in [4.69, 9.17) is 4.42 Å². The van der Waals surface area contributed by atoms with Crippen LogP contribution in [-0.4, -0.2) is 25.7 Å². The molecule has 0 fully saturated rings. The van der Waals surface area contributed by atoms with Crippen molar-refractivity contribution in [2.75, 3.05) is 5.32 Å². The van der Waals surface area contributed by atoms with E-state index >= 15 is 0 Å². The molecule has 1 aromatic carbocycles. The summed E-state index contributed by atoms with van der Waals surface area (Å²) in [6.07, 6.45) is 0. The summed E-state index contributed by atoms with van der Waals surface area (Å²) in [5.74, 6) is 0.841. The van der Waals surface area contributed by atoms with Crippen molar-refractivity contribution in [3.8, 4) is 28.9 Å². The summed E-state index contributed by atoms with van der Waals surface area (Å²) in [5.41, 5.74) is 1.48. The summed E-state index contributed by atoms with van der Waals surface area (Å²) in [6.45, 7) is 1.85. The molecule has 0 radical (unpaired) electrons. The van der Waals surface area contributed by atoms with E-state index in [0.29, 0.717) is 27.8 Å². The monoisotopic (exact) mass is 381 g/mol. The highest BCUT2D eigenvalue weighted by Gasteiger charge is 2.14. The summed E-state index contributed by atoms with van der Waals surface area (Å²) in [6, 6.07) is 13.0. The maximum Gasteiger partial charge on any atom is 0.257 e. The van der Waals surface area contributed by atoms with Gasteiger partial charge in [0.1, 0.15) is 11.5 Å². The molecule has 4 rings (SSSR count). The number of aromatic hydroxyl groups is 2. The van der Waals surface area contributed by atoms with E-state index in [1.807, 2.05) is 19.1 Å². The van der Waals surface area contributed by atoms with Crippen molar-refractivity contribution >= 4 is 22.4 Å². The second-order valence-electron chi connectivity index (χ2n) is 5.84. The Morgan fingerprint density at radius 2 is 1.93 bits per heavy atom. The highest BCUT2D eigenvalue weighted by atomic mass is 32.1. The molecule has 8 heteroatoms. The van der Waals surface area contributed by atoms with E-state index in [1.54, 1.807) is 29.6 Å². The van der Waals surface area contributed by atoms with Crippen LogP contribution in [0.4, 0.5) is 5.13 Å². The summed E-state index contributed by atoms with van der Waals surface area (Å²) in [5, 5.41) is 24.7. The number of rotatable bonds is 4. The Morgan fingerprint density at radius 1 is 1.15 bits per heavy atom. The molecular formula is C19H15N3O4S. The number of hydrogen-bond acceptors (Lipinski definition) is 6. The number of furan rings is 1. The first kappa shape index (κ1) is 16.9. The highest BCUT2D eigenvalue weighted by molar-refractivity contribution is 7.14. The zero-order valence-corrected chi connectivity index (χ0v) is 15.0. The minimum absolute atomic E-state index is 0.122. The van der Waals surface area contributed by atoms with Crippen LogP contribution in [0.25, 0.3) is 17.1 Å². The number of nitrogens with one attached hydrogen (secondary N) is 1. The quantitative estimate of drug-likeness (QED) is 0.493. The standard InChI is InChI=1S/C19H15N3O4S/c1-11-5-6-15(26-11)14-10-27-19(20-14)21-18(25)12-3-2-4-13(9-12)22-16(23)7-8-17(22)24/h2-10,23-24H,1H3,(H,20,21,25). The molecule has 0 unspecified atom stereocenters. The minimum atomic E-state index is -0.348. The van der Waals surface area contributed by atoms with Crippen molar-refractivity contribution < 1.29 is 19.4 Å². The van der Waals surface area contributed by atoms with Crippen LogP contribution in [0, 0.1) is 6.92 Å². The van der Waals surface area contributed by atoms with Gasteiger partial charge in [-0.1, -0.05) is 6.07 Å². The van der Waals surface area contributed by atoms with E-state index < -0.39 is 0 Å². The maximum absolute atomic E-state index is 12.6. The Kier molecular flexibility index (Phi) is 4.17. The zero-order valence-electron chi connectivity index (χ0n) is 14.2. The Labute approximate surface area is 158 Å². The molecule has 3 N–H and O–H groups in total. The normalized spacial score (nSPS) is 10.9. The van der Waals surface area contributed by atoms with Crippen LogP contribution in [0.1, 0.15) is 16.1 Å². The number of thiazole rings is 1. The lowest BCUT2D eigenvalue weighted by Gasteiger charge is -2.08. The summed E-state index contributed by atoms with van der Waals surface area (Å²) in [4.78, 5) is 16.9. The molecule has 0 spiro atoms. The van der Waals surface area contributed by atoms with E-state index in [1.165, 1.54) is 28.0 Å². The molecule has 3 heterocycles. The fourth-order valence-corrected chi connectivity index (χ4v) is 3.35. The summed E-state index contributed by atoms with van der Waals surface area (Å²) < 4.78 is 6.77. The van der Waals surface area contributed by atoms with Gasteiger partial charge >= 0.3 is 0 Å². The molecule has 0 saturated heterocycles. The number of amides is 1. The highest BCUT2D eigenvalue weighted by Crippen LogP contribution is 2.28. The van der Waals surface area contributed by atoms with Gasteiger partial charge in [-0.05, 0) is 37.3 Å². The van der Waals surface area contributed by atoms with Gasteiger partial charge in [0.2, 0.25) is 0 Å². The van der Waals surface area contributed by atoms with Crippen molar-refractivity contribution in [3.63, 3.8) is 0 Å². The first-order chi connectivity index (χ1) is 13.0. The van der Waals surface area contributed by atoms with Crippen LogP contribution in [-0.2, 0) is 0 Å². The smallest absolute Gasteiger partial charge is 0.257 e. The van der Waals surface area contributed by atoms with Gasteiger partial charge in [-0.25, -0.2) is 4.98 Å². The largest absolute Gasteiger partial charge is 0.494 e. The zero-order chi connectivity index (χ0) is 19.0. The molecule has 0 atom stereocenters. The van der Waals surface area contributed by atoms with E-state index in [-0.39, 0.29) is 17.7 Å². The minimum Gasteiger partial charge on any atom is -0.494 e. The molecule has 0 aliphatic heterocycles. The Balaban J connectivity index is 1.56. The van der Waals surface area contributed by atoms with Gasteiger partial charge in [0.25, 0.3) is 5.91 Å². The molecule has 0 bridgehead atoms. The molecule has 3 aromatic heterocycles. The fourth-order valence-electron chi connectivity index (χ4n) is 2.65. The maximum atomic E-state index is 12.6. The van der Waals surface area contributed by atoms with Crippen molar-refractivity contribution in [2.24, 2.45) is 0 Å². The topological polar surface area (TPSA) is 101 Å². The molecule has 4 aromatic rings. The molecule has 27 heavy (non-hydrogen) atoms. The van der Waals surface area contributed by atoms with Crippen molar-refractivity contribution in [1.82, 2.24) is 9.55 Å². The average molecular weight is 381 g/mol. The van der Waals surface area contributed by atoms with Gasteiger partial charge in [-0.2, -0.15) is 0 Å². The fraction of sp³-hybridized carbons (Fsp3) is 0.0526. The molecule has 1 amide bonds. The third-order valence-electron chi connectivity index (χ3n) is 3.92. The Hall–Kier alpha value is -3.52. The lowest BCUT2D eigenvalue weighted by atomic mass is 10.2. The number of anilines is 1. The lowest BCUT2D eigenvalue weighted by molar-refractivity contribution is 0.102. The lowest BCUT2D eigenvalue weighted by Crippen LogP contribution is -2.12. The molecule has 136 valence electrons. The number of hydrogen-bond donors (Lipinski definition) is 3. The van der Waals surface area contributed by atoms with Crippen LogP contribution < -0.4 is 5.32 Å². The molecule has 7 nitrogen and oxygen atoms in total. The van der Waals surface area contributed by atoms with E-state index in [2.05, 4.69) is 10.3 Å². The van der Waals surface area contributed by atoms with Crippen molar-refractivity contribution in [1.29, 1.82) is 0 Å². The van der Waals surface area contributed by atoms with Crippen LogP contribution >= 0.6 is 11.3 Å². The predicted octanol–water partition coefficient (Wildman–Crippen LogP) is 4.17. The number of nitrogens with zero attached hydrogens (tertiary/aromatic N) is 2. The number of benzene rings is 1. The number of aryl methyl sites for hydroxylation is 1. The Morgan fingerprint density at radius 3 is 2.63 bits per heavy atom. The first-order valence-corrected chi connectivity index (χ1v) is 8.93. The van der Waals surface area contributed by atoms with Crippen LogP contribution in [0.3, 0.4) is 0 Å². The van der Waals surface area contributed by atoms with Gasteiger partial charge in [0.15, 0.2) is 22.7 Å². The van der Waals surface area contributed by atoms with Crippen molar-refractivity contribution in [3.05, 3.63) is 65.2 Å². The number of carbonyl (C=O) groups excluding carboxylic acids is 1.